The molecule has 166 valence electrons. The Hall–Kier alpha value is -3.93. The summed E-state index contributed by atoms with van der Waals surface area (Å²) in [4.78, 5) is 27.7. The minimum atomic E-state index is -0.845. The largest absolute Gasteiger partial charge is 0.507 e. The van der Waals surface area contributed by atoms with E-state index in [0.29, 0.717) is 23.4 Å². The van der Waals surface area contributed by atoms with Crippen LogP contribution in [0.4, 0.5) is 10.1 Å². The van der Waals surface area contributed by atoms with Crippen LogP contribution in [0.3, 0.4) is 0 Å². The first-order valence-corrected chi connectivity index (χ1v) is 10.8. The lowest BCUT2D eigenvalue weighted by molar-refractivity contribution is -0.132. The Morgan fingerprint density at radius 3 is 2.61 bits per heavy atom. The van der Waals surface area contributed by atoms with Gasteiger partial charge in [0.25, 0.3) is 11.7 Å². The molecule has 1 unspecified atom stereocenters. The number of hydrogen-bond acceptors (Lipinski definition) is 4. The number of aryl methyl sites for hydroxylation is 2. The zero-order chi connectivity index (χ0) is 23.1. The second-order valence-corrected chi connectivity index (χ2v) is 8.33. The number of anilines is 1. The van der Waals surface area contributed by atoms with Crippen LogP contribution in [-0.2, 0) is 16.0 Å². The number of hydrogen-bond donors (Lipinski definition) is 1. The average molecular weight is 443 g/mol. The summed E-state index contributed by atoms with van der Waals surface area (Å²) in [5, 5.41) is 11.3. The van der Waals surface area contributed by atoms with Crippen LogP contribution in [-0.4, -0.2) is 23.4 Å². The molecule has 3 aromatic carbocycles. The van der Waals surface area contributed by atoms with E-state index in [-0.39, 0.29) is 11.3 Å². The molecule has 0 aliphatic carbocycles. The van der Waals surface area contributed by atoms with Crippen molar-refractivity contribution >= 4 is 23.1 Å². The molecule has 5 rings (SSSR count). The number of rotatable bonds is 3. The van der Waals surface area contributed by atoms with Gasteiger partial charge in [0.2, 0.25) is 0 Å². The molecule has 0 spiro atoms. The number of ketones is 1. The maximum Gasteiger partial charge on any atom is 0.300 e. The van der Waals surface area contributed by atoms with E-state index in [1.807, 2.05) is 37.3 Å². The quantitative estimate of drug-likeness (QED) is 0.348. The number of fused-ring (bicyclic) bond motifs is 1. The van der Waals surface area contributed by atoms with E-state index in [2.05, 4.69) is 0 Å². The van der Waals surface area contributed by atoms with Crippen LogP contribution < -0.4 is 9.64 Å². The van der Waals surface area contributed by atoms with Crippen LogP contribution in [0.25, 0.3) is 5.76 Å². The highest BCUT2D eigenvalue weighted by molar-refractivity contribution is 6.51. The molecule has 1 saturated heterocycles. The molecule has 2 aliphatic heterocycles. The number of benzene rings is 3. The molecule has 1 fully saturated rings. The van der Waals surface area contributed by atoms with Crippen LogP contribution in [0, 0.1) is 12.7 Å². The second-order valence-electron chi connectivity index (χ2n) is 8.33. The predicted octanol–water partition coefficient (Wildman–Crippen LogP) is 5.09. The number of Topliss-reactive ketones (excluding diaryl/α,β-unsaturated/α-hetero) is 1. The smallest absolute Gasteiger partial charge is 0.300 e. The van der Waals surface area contributed by atoms with E-state index >= 15 is 0 Å². The third-order valence-corrected chi connectivity index (χ3v) is 6.09. The number of carbonyl (C=O) groups excluding carboxylic acids is 2. The molecule has 0 radical (unpaired) electrons. The average Bonchev–Trinajstić information content (AvgIpc) is 3.09. The minimum Gasteiger partial charge on any atom is -0.507 e. The van der Waals surface area contributed by atoms with Crippen LogP contribution in [0.5, 0.6) is 5.75 Å². The molecule has 0 aromatic heterocycles. The molecular weight excluding hydrogens is 421 g/mol. The van der Waals surface area contributed by atoms with Crippen molar-refractivity contribution < 1.29 is 23.8 Å². The highest BCUT2D eigenvalue weighted by atomic mass is 19.1. The number of aliphatic hydroxyl groups excluding tert-OH is 1. The molecule has 2 heterocycles. The summed E-state index contributed by atoms with van der Waals surface area (Å²) in [6.45, 7) is 2.56. The fourth-order valence-corrected chi connectivity index (χ4v) is 4.52. The van der Waals surface area contributed by atoms with Crippen LogP contribution >= 0.6 is 0 Å². The lowest BCUT2D eigenvalue weighted by atomic mass is 9.93. The lowest BCUT2D eigenvalue weighted by Crippen LogP contribution is -2.29. The van der Waals surface area contributed by atoms with E-state index < -0.39 is 23.5 Å². The second kappa shape index (κ2) is 8.20. The highest BCUT2D eigenvalue weighted by Crippen LogP contribution is 2.42. The van der Waals surface area contributed by atoms with Crippen molar-refractivity contribution in [3.8, 4) is 5.75 Å². The summed E-state index contributed by atoms with van der Waals surface area (Å²) in [6.07, 6.45) is 1.68. The summed E-state index contributed by atoms with van der Waals surface area (Å²) in [6, 6.07) is 17.3. The summed E-state index contributed by atoms with van der Waals surface area (Å²) >= 11 is 0. The van der Waals surface area contributed by atoms with Crippen molar-refractivity contribution in [2.75, 3.05) is 11.5 Å². The molecule has 1 atom stereocenters. The van der Waals surface area contributed by atoms with Crippen molar-refractivity contribution in [1.82, 2.24) is 0 Å². The number of nitrogens with zero attached hydrogens (tertiary/aromatic N) is 1. The van der Waals surface area contributed by atoms with Gasteiger partial charge >= 0.3 is 0 Å². The maximum atomic E-state index is 13.6. The molecule has 0 saturated carbocycles. The first-order valence-electron chi connectivity index (χ1n) is 10.8. The zero-order valence-corrected chi connectivity index (χ0v) is 18.0. The van der Waals surface area contributed by atoms with Gasteiger partial charge in [-0.3, -0.25) is 14.5 Å². The van der Waals surface area contributed by atoms with Gasteiger partial charge in [-0.05, 0) is 73.4 Å². The van der Waals surface area contributed by atoms with Gasteiger partial charge in [-0.25, -0.2) is 4.39 Å². The minimum absolute atomic E-state index is 0.00611. The molecule has 2 aliphatic rings. The van der Waals surface area contributed by atoms with E-state index in [1.54, 1.807) is 12.1 Å². The topological polar surface area (TPSA) is 66.8 Å². The Morgan fingerprint density at radius 2 is 1.85 bits per heavy atom. The van der Waals surface area contributed by atoms with Gasteiger partial charge in [-0.15, -0.1) is 0 Å². The predicted molar refractivity (Wildman–Crippen MR) is 123 cm³/mol. The SMILES string of the molecule is Cc1cccc(C2/C(=C(/O)c3ccc4c(c3)CCCO4)C(=O)C(=O)N2c2ccc(F)cc2)c1. The number of aliphatic hydroxyl groups is 1. The van der Waals surface area contributed by atoms with Gasteiger partial charge in [-0.2, -0.15) is 0 Å². The molecule has 33 heavy (non-hydrogen) atoms. The van der Waals surface area contributed by atoms with Gasteiger partial charge in [0.05, 0.1) is 18.2 Å². The number of halogens is 1. The van der Waals surface area contributed by atoms with Crippen molar-refractivity contribution in [3.63, 3.8) is 0 Å². The Balaban J connectivity index is 1.70. The van der Waals surface area contributed by atoms with Crippen molar-refractivity contribution in [2.24, 2.45) is 0 Å². The third-order valence-electron chi connectivity index (χ3n) is 6.09. The molecular formula is C27H22FNO4. The Kier molecular flexibility index (Phi) is 5.21. The number of carbonyl (C=O) groups is 2. The standard InChI is InChI=1S/C27H22FNO4/c1-16-4-2-5-18(14-16)24-23(25(30)19-7-12-22-17(15-19)6-3-13-33-22)26(31)27(32)29(24)21-10-8-20(28)9-11-21/h2,4-5,7-12,14-15,24,30H,3,6,13H2,1H3/b25-23-. The van der Waals surface area contributed by atoms with E-state index in [9.17, 15) is 19.1 Å². The first kappa shape index (κ1) is 20.9. The maximum absolute atomic E-state index is 13.6. The monoisotopic (exact) mass is 443 g/mol. The number of amides is 1. The van der Waals surface area contributed by atoms with Gasteiger partial charge in [0.15, 0.2) is 0 Å². The molecule has 0 bridgehead atoms. The van der Waals surface area contributed by atoms with Crippen LogP contribution in [0.15, 0.2) is 72.3 Å². The van der Waals surface area contributed by atoms with Gasteiger partial charge in [0, 0.05) is 11.3 Å². The molecule has 1 amide bonds. The van der Waals surface area contributed by atoms with E-state index in [0.717, 1.165) is 29.7 Å². The highest BCUT2D eigenvalue weighted by Gasteiger charge is 2.47. The Morgan fingerprint density at radius 1 is 1.06 bits per heavy atom. The Labute approximate surface area is 190 Å². The summed E-state index contributed by atoms with van der Waals surface area (Å²) in [5.74, 6) is -1.47. The third kappa shape index (κ3) is 3.67. The normalized spacial score (nSPS) is 19.3. The fraction of sp³-hybridized carbons (Fsp3) is 0.185. The molecule has 6 heteroatoms. The van der Waals surface area contributed by atoms with Crippen molar-refractivity contribution in [3.05, 3.63) is 100 Å². The molecule has 3 aromatic rings. The van der Waals surface area contributed by atoms with Gasteiger partial charge in [0.1, 0.15) is 17.3 Å². The van der Waals surface area contributed by atoms with E-state index in [4.69, 9.17) is 4.74 Å². The van der Waals surface area contributed by atoms with Crippen LogP contribution in [0.1, 0.15) is 34.7 Å². The summed E-state index contributed by atoms with van der Waals surface area (Å²) in [7, 11) is 0. The first-order chi connectivity index (χ1) is 15.9. The fourth-order valence-electron chi connectivity index (χ4n) is 4.52. The Bertz CT molecular complexity index is 1300. The summed E-state index contributed by atoms with van der Waals surface area (Å²) in [5.41, 5.74) is 3.41. The molecule has 1 N–H and O–H groups in total. The number of ether oxygens (including phenoxy) is 1. The van der Waals surface area contributed by atoms with Crippen molar-refractivity contribution in [1.29, 1.82) is 0 Å². The van der Waals surface area contributed by atoms with Crippen LogP contribution in [0.2, 0.25) is 0 Å². The van der Waals surface area contributed by atoms with E-state index in [1.165, 1.54) is 29.2 Å². The summed E-state index contributed by atoms with van der Waals surface area (Å²) < 4.78 is 19.2. The van der Waals surface area contributed by atoms with Gasteiger partial charge in [-0.1, -0.05) is 29.8 Å². The zero-order valence-electron chi connectivity index (χ0n) is 18.0. The lowest BCUT2D eigenvalue weighted by Gasteiger charge is -2.26. The van der Waals surface area contributed by atoms with Gasteiger partial charge < -0.3 is 9.84 Å². The molecule has 5 nitrogen and oxygen atoms in total. The van der Waals surface area contributed by atoms with Crippen molar-refractivity contribution in [2.45, 2.75) is 25.8 Å².